The average molecular weight is 164 g/mol. The summed E-state index contributed by atoms with van der Waals surface area (Å²) in [6.45, 7) is 7.30. The van der Waals surface area contributed by atoms with Crippen LogP contribution in [0.5, 0.6) is 0 Å². The Kier molecular flexibility index (Phi) is 2.88. The molecule has 0 aromatic heterocycles. The van der Waals surface area contributed by atoms with E-state index in [-0.39, 0.29) is 0 Å². The summed E-state index contributed by atoms with van der Waals surface area (Å²) in [5.41, 5.74) is 0.297. The highest BCUT2D eigenvalue weighted by Gasteiger charge is 2.29. The summed E-state index contributed by atoms with van der Waals surface area (Å²) < 4.78 is 0. The third-order valence-electron chi connectivity index (χ3n) is 2.47. The van der Waals surface area contributed by atoms with Crippen LogP contribution in [0.25, 0.3) is 0 Å². The van der Waals surface area contributed by atoms with Crippen LogP contribution in [-0.4, -0.2) is 10.7 Å². The van der Waals surface area contributed by atoms with E-state index in [1.54, 1.807) is 12.2 Å². The normalized spacial score (nSPS) is 33.2. The van der Waals surface area contributed by atoms with E-state index in [4.69, 9.17) is 0 Å². The topological polar surface area (TPSA) is 20.2 Å². The van der Waals surface area contributed by atoms with E-state index >= 15 is 0 Å². The van der Waals surface area contributed by atoms with E-state index < -0.39 is 5.60 Å². The van der Waals surface area contributed by atoms with E-state index in [1.807, 2.05) is 6.08 Å². The van der Waals surface area contributed by atoms with Gasteiger partial charge in [0, 0.05) is 0 Å². The van der Waals surface area contributed by atoms with Gasteiger partial charge in [-0.05, 0) is 31.3 Å². The standard InChI is InChI=1S/C11H16O/c1-3-7-10-8-5-6-9-11(10,12)4-2/h3-4,7,12H,1-2,5-6,8-9H2. The molecule has 1 heteroatoms. The predicted octanol–water partition coefficient (Wildman–Crippen LogP) is 2.59. The van der Waals surface area contributed by atoms with Gasteiger partial charge >= 0.3 is 0 Å². The van der Waals surface area contributed by atoms with E-state index in [0.29, 0.717) is 0 Å². The van der Waals surface area contributed by atoms with E-state index in [0.717, 1.165) is 31.3 Å². The maximum Gasteiger partial charge on any atom is 0.104 e. The van der Waals surface area contributed by atoms with Crippen molar-refractivity contribution in [2.45, 2.75) is 31.3 Å². The molecule has 1 unspecified atom stereocenters. The first-order valence-electron chi connectivity index (χ1n) is 4.41. The van der Waals surface area contributed by atoms with Gasteiger partial charge in [0.1, 0.15) is 5.60 Å². The van der Waals surface area contributed by atoms with Gasteiger partial charge in [-0.1, -0.05) is 31.4 Å². The highest BCUT2D eigenvalue weighted by Crippen LogP contribution is 2.33. The first kappa shape index (κ1) is 9.27. The zero-order chi connectivity index (χ0) is 9.03. The second-order valence-corrected chi connectivity index (χ2v) is 3.26. The molecule has 1 atom stereocenters. The van der Waals surface area contributed by atoms with Crippen LogP contribution in [0.3, 0.4) is 0 Å². The third-order valence-corrected chi connectivity index (χ3v) is 2.47. The summed E-state index contributed by atoms with van der Waals surface area (Å²) >= 11 is 0. The number of hydrogen-bond donors (Lipinski definition) is 1. The molecule has 0 aliphatic heterocycles. The van der Waals surface area contributed by atoms with Gasteiger partial charge in [-0.25, -0.2) is 0 Å². The van der Waals surface area contributed by atoms with Crippen LogP contribution in [0.2, 0.25) is 0 Å². The Morgan fingerprint density at radius 1 is 1.33 bits per heavy atom. The summed E-state index contributed by atoms with van der Waals surface area (Å²) in [4.78, 5) is 0. The molecule has 12 heavy (non-hydrogen) atoms. The van der Waals surface area contributed by atoms with Gasteiger partial charge in [0.05, 0.1) is 0 Å². The minimum absolute atomic E-state index is 0.758. The smallest absolute Gasteiger partial charge is 0.104 e. The van der Waals surface area contributed by atoms with Gasteiger partial charge in [0.15, 0.2) is 0 Å². The fourth-order valence-corrected chi connectivity index (χ4v) is 1.69. The van der Waals surface area contributed by atoms with E-state index in [2.05, 4.69) is 13.2 Å². The molecule has 1 N–H and O–H groups in total. The van der Waals surface area contributed by atoms with Crippen molar-refractivity contribution in [2.75, 3.05) is 0 Å². The molecule has 1 rings (SSSR count). The molecule has 0 bridgehead atoms. The Bertz CT molecular complexity index is 215. The maximum absolute atomic E-state index is 10.0. The Morgan fingerprint density at radius 3 is 2.67 bits per heavy atom. The molecule has 1 fully saturated rings. The summed E-state index contributed by atoms with van der Waals surface area (Å²) in [5.74, 6) is 0. The number of rotatable bonds is 2. The van der Waals surface area contributed by atoms with Crippen LogP contribution >= 0.6 is 0 Å². The molecule has 0 heterocycles. The zero-order valence-corrected chi connectivity index (χ0v) is 7.42. The van der Waals surface area contributed by atoms with Crippen molar-refractivity contribution in [1.82, 2.24) is 0 Å². The minimum Gasteiger partial charge on any atom is -0.381 e. The van der Waals surface area contributed by atoms with Crippen LogP contribution in [0.4, 0.5) is 0 Å². The van der Waals surface area contributed by atoms with Crippen molar-refractivity contribution in [3.63, 3.8) is 0 Å². The van der Waals surface area contributed by atoms with Gasteiger partial charge in [-0.2, -0.15) is 0 Å². The van der Waals surface area contributed by atoms with E-state index in [9.17, 15) is 5.11 Å². The fraction of sp³-hybridized carbons (Fsp3) is 0.455. The highest BCUT2D eigenvalue weighted by atomic mass is 16.3. The van der Waals surface area contributed by atoms with Gasteiger partial charge in [-0.15, -0.1) is 0 Å². The minimum atomic E-state index is -0.758. The molecule has 0 aromatic rings. The molecule has 0 aromatic carbocycles. The van der Waals surface area contributed by atoms with Crippen LogP contribution < -0.4 is 0 Å². The molecule has 0 amide bonds. The molecular weight excluding hydrogens is 148 g/mol. The molecule has 66 valence electrons. The molecule has 1 aliphatic rings. The monoisotopic (exact) mass is 164 g/mol. The van der Waals surface area contributed by atoms with Crippen molar-refractivity contribution in [1.29, 1.82) is 0 Å². The lowest BCUT2D eigenvalue weighted by atomic mass is 9.80. The number of allylic oxidation sites excluding steroid dienone is 2. The lowest BCUT2D eigenvalue weighted by Crippen LogP contribution is -2.31. The van der Waals surface area contributed by atoms with Crippen molar-refractivity contribution in [3.05, 3.63) is 37.0 Å². The lowest BCUT2D eigenvalue weighted by Gasteiger charge is -2.31. The van der Waals surface area contributed by atoms with Crippen molar-refractivity contribution in [2.24, 2.45) is 0 Å². The summed E-state index contributed by atoms with van der Waals surface area (Å²) in [6.07, 6.45) is 9.29. The first-order chi connectivity index (χ1) is 5.73. The lowest BCUT2D eigenvalue weighted by molar-refractivity contribution is 0.101. The molecule has 0 saturated heterocycles. The number of hydrogen-bond acceptors (Lipinski definition) is 1. The molecular formula is C11H16O. The second kappa shape index (κ2) is 3.72. The van der Waals surface area contributed by atoms with E-state index in [1.165, 1.54) is 0 Å². The molecule has 1 nitrogen and oxygen atoms in total. The Hall–Kier alpha value is -0.820. The van der Waals surface area contributed by atoms with Crippen molar-refractivity contribution >= 4 is 0 Å². The SMILES string of the molecule is C=CC=C1CCCCC1(O)C=C. The quantitative estimate of drug-likeness (QED) is 0.622. The van der Waals surface area contributed by atoms with Crippen LogP contribution in [0.1, 0.15) is 25.7 Å². The Morgan fingerprint density at radius 2 is 2.08 bits per heavy atom. The Balaban J connectivity index is 2.87. The second-order valence-electron chi connectivity index (χ2n) is 3.26. The highest BCUT2D eigenvalue weighted by molar-refractivity contribution is 5.28. The zero-order valence-electron chi connectivity index (χ0n) is 7.42. The molecule has 1 aliphatic carbocycles. The molecule has 1 saturated carbocycles. The third kappa shape index (κ3) is 1.67. The average Bonchev–Trinajstić information content (AvgIpc) is 2.10. The summed E-state index contributed by atoms with van der Waals surface area (Å²) in [5, 5.41) is 10.0. The van der Waals surface area contributed by atoms with Crippen molar-refractivity contribution in [3.8, 4) is 0 Å². The summed E-state index contributed by atoms with van der Waals surface area (Å²) in [7, 11) is 0. The predicted molar refractivity (Wildman–Crippen MR) is 51.9 cm³/mol. The van der Waals surface area contributed by atoms with Crippen LogP contribution in [-0.2, 0) is 0 Å². The van der Waals surface area contributed by atoms with Crippen molar-refractivity contribution < 1.29 is 5.11 Å². The van der Waals surface area contributed by atoms with Gasteiger partial charge in [-0.3, -0.25) is 0 Å². The molecule has 0 radical (unpaired) electrons. The summed E-state index contributed by atoms with van der Waals surface area (Å²) in [6, 6.07) is 0. The fourth-order valence-electron chi connectivity index (χ4n) is 1.69. The van der Waals surface area contributed by atoms with Crippen LogP contribution in [0.15, 0.2) is 37.0 Å². The van der Waals surface area contributed by atoms with Gasteiger partial charge in [0.2, 0.25) is 0 Å². The largest absolute Gasteiger partial charge is 0.381 e. The van der Waals surface area contributed by atoms with Gasteiger partial charge in [0.25, 0.3) is 0 Å². The number of aliphatic hydroxyl groups is 1. The molecule has 0 spiro atoms. The maximum atomic E-state index is 10.0. The van der Waals surface area contributed by atoms with Crippen LogP contribution in [0, 0.1) is 0 Å². The first-order valence-corrected chi connectivity index (χ1v) is 4.41. The van der Waals surface area contributed by atoms with Gasteiger partial charge < -0.3 is 5.11 Å². The Labute approximate surface area is 74.1 Å².